The van der Waals surface area contributed by atoms with E-state index in [9.17, 15) is 9.59 Å². The molecule has 3 N–H and O–H groups in total. The molecule has 1 fully saturated rings. The van der Waals surface area contributed by atoms with Gasteiger partial charge in [0.2, 0.25) is 0 Å². The van der Waals surface area contributed by atoms with Crippen LogP contribution < -0.4 is 11.1 Å². The summed E-state index contributed by atoms with van der Waals surface area (Å²) in [5.74, 6) is 0.333. The van der Waals surface area contributed by atoms with Crippen molar-refractivity contribution in [2.75, 3.05) is 18.5 Å². The van der Waals surface area contributed by atoms with Crippen molar-refractivity contribution >= 4 is 34.5 Å². The van der Waals surface area contributed by atoms with Crippen LogP contribution in [0, 0.1) is 0 Å². The van der Waals surface area contributed by atoms with Crippen LogP contribution in [-0.4, -0.2) is 55.2 Å². The van der Waals surface area contributed by atoms with Crippen molar-refractivity contribution in [2.45, 2.75) is 51.8 Å². The summed E-state index contributed by atoms with van der Waals surface area (Å²) >= 11 is 0. The number of nitrogens with one attached hydrogen (secondary N) is 1. The first-order chi connectivity index (χ1) is 19.6. The van der Waals surface area contributed by atoms with Crippen molar-refractivity contribution in [3.05, 3.63) is 65.2 Å². The number of fused-ring (bicyclic) bond motifs is 2. The molecule has 11 heteroatoms. The standard InChI is InChI=1S/C30H33N7O4/c1-30(2,3)41-29(39)37-15-21-25(28(37)38)23(14-33-26(21)19-7-10-32-27-20(19)8-11-36(27)4)35-24-6-5-18(22(13-31)34-24)17-9-12-40-16-17/h5-8,10-11,14,17H,9,12-13,15-16,31H2,1-4H3,(H,34,35). The molecule has 0 radical (unpaired) electrons. The van der Waals surface area contributed by atoms with Gasteiger partial charge in [0.1, 0.15) is 17.1 Å². The first-order valence-electron chi connectivity index (χ1n) is 13.7. The largest absolute Gasteiger partial charge is 0.443 e. The molecule has 11 nitrogen and oxygen atoms in total. The Kier molecular flexibility index (Phi) is 6.71. The van der Waals surface area contributed by atoms with E-state index in [1.165, 1.54) is 0 Å². The summed E-state index contributed by atoms with van der Waals surface area (Å²) in [6.45, 7) is 6.98. The van der Waals surface area contributed by atoms with Crippen molar-refractivity contribution in [1.29, 1.82) is 0 Å². The quantitative estimate of drug-likeness (QED) is 0.361. The number of nitrogens with two attached hydrogens (primary N) is 1. The molecular weight excluding hydrogens is 522 g/mol. The van der Waals surface area contributed by atoms with E-state index in [0.717, 1.165) is 45.8 Å². The number of nitrogens with zero attached hydrogens (tertiary/aromatic N) is 5. The normalized spacial score (nSPS) is 16.9. The maximum absolute atomic E-state index is 13.8. The number of hydrogen-bond donors (Lipinski definition) is 2. The highest BCUT2D eigenvalue weighted by molar-refractivity contribution is 6.12. The number of carbonyl (C=O) groups is 2. The highest BCUT2D eigenvalue weighted by Gasteiger charge is 2.39. The van der Waals surface area contributed by atoms with Crippen LogP contribution in [0.3, 0.4) is 0 Å². The van der Waals surface area contributed by atoms with E-state index in [1.807, 2.05) is 42.1 Å². The third-order valence-corrected chi connectivity index (χ3v) is 7.43. The van der Waals surface area contributed by atoms with Crippen LogP contribution in [-0.2, 0) is 29.6 Å². The van der Waals surface area contributed by atoms with Gasteiger partial charge in [-0.15, -0.1) is 0 Å². The van der Waals surface area contributed by atoms with Gasteiger partial charge in [0.15, 0.2) is 0 Å². The lowest BCUT2D eigenvalue weighted by atomic mass is 9.96. The Hall–Kier alpha value is -4.35. The predicted octanol–water partition coefficient (Wildman–Crippen LogP) is 4.63. The van der Waals surface area contributed by atoms with E-state index in [-0.39, 0.29) is 19.0 Å². The van der Waals surface area contributed by atoms with E-state index in [0.29, 0.717) is 34.9 Å². The predicted molar refractivity (Wildman–Crippen MR) is 154 cm³/mol. The van der Waals surface area contributed by atoms with Gasteiger partial charge in [-0.05, 0) is 51.0 Å². The number of rotatable bonds is 5. The molecule has 41 heavy (non-hydrogen) atoms. The van der Waals surface area contributed by atoms with Gasteiger partial charge in [-0.3, -0.25) is 9.78 Å². The Balaban J connectivity index is 1.43. The molecule has 0 spiro atoms. The molecule has 6 rings (SSSR count). The fraction of sp³-hybridized carbons (Fsp3) is 0.367. The Morgan fingerprint density at radius 1 is 1.22 bits per heavy atom. The Labute approximate surface area is 237 Å². The Morgan fingerprint density at radius 3 is 2.78 bits per heavy atom. The number of anilines is 2. The van der Waals surface area contributed by atoms with Crippen LogP contribution >= 0.6 is 0 Å². The molecule has 2 aliphatic rings. The number of aromatic nitrogens is 4. The second-order valence-electron chi connectivity index (χ2n) is 11.4. The lowest BCUT2D eigenvalue weighted by Gasteiger charge is -2.23. The number of ether oxygens (including phenoxy) is 2. The van der Waals surface area contributed by atoms with Crippen LogP contribution in [0.25, 0.3) is 22.3 Å². The monoisotopic (exact) mass is 555 g/mol. The van der Waals surface area contributed by atoms with Gasteiger partial charge in [0.25, 0.3) is 5.91 Å². The summed E-state index contributed by atoms with van der Waals surface area (Å²) < 4.78 is 13.1. The number of imide groups is 1. The van der Waals surface area contributed by atoms with E-state index in [4.69, 9.17) is 25.2 Å². The minimum Gasteiger partial charge on any atom is -0.443 e. The minimum atomic E-state index is -0.760. The molecule has 1 unspecified atom stereocenters. The van der Waals surface area contributed by atoms with E-state index in [2.05, 4.69) is 10.3 Å². The summed E-state index contributed by atoms with van der Waals surface area (Å²) in [7, 11) is 1.92. The number of hydrogen-bond acceptors (Lipinski definition) is 9. The summed E-state index contributed by atoms with van der Waals surface area (Å²) in [5.41, 5.74) is 10.8. The number of aryl methyl sites for hydroxylation is 1. The molecule has 2 amide bonds. The second kappa shape index (κ2) is 10.2. The second-order valence-corrected chi connectivity index (χ2v) is 11.4. The molecular formula is C30H33N7O4. The van der Waals surface area contributed by atoms with Crippen LogP contribution in [0.1, 0.15) is 60.3 Å². The van der Waals surface area contributed by atoms with Crippen molar-refractivity contribution in [1.82, 2.24) is 24.4 Å². The van der Waals surface area contributed by atoms with Crippen molar-refractivity contribution in [3.63, 3.8) is 0 Å². The van der Waals surface area contributed by atoms with Gasteiger partial charge in [-0.2, -0.15) is 0 Å². The molecule has 2 aliphatic heterocycles. The smallest absolute Gasteiger partial charge is 0.417 e. The van der Waals surface area contributed by atoms with E-state index >= 15 is 0 Å². The number of pyridine rings is 3. The zero-order chi connectivity index (χ0) is 28.9. The third kappa shape index (κ3) is 4.91. The molecule has 212 valence electrons. The fourth-order valence-corrected chi connectivity index (χ4v) is 5.51. The maximum Gasteiger partial charge on any atom is 0.417 e. The third-order valence-electron chi connectivity index (χ3n) is 7.43. The van der Waals surface area contributed by atoms with Crippen LogP contribution in [0.4, 0.5) is 16.3 Å². The van der Waals surface area contributed by atoms with Gasteiger partial charge in [-0.25, -0.2) is 19.7 Å². The molecule has 0 bridgehead atoms. The zero-order valence-electron chi connectivity index (χ0n) is 23.6. The van der Waals surface area contributed by atoms with Gasteiger partial charge < -0.3 is 25.1 Å². The SMILES string of the molecule is Cn1ccc2c(-c3ncc(Nc4ccc(C5CCOC5)c(CN)n4)c4c3CN(C(=O)OC(C)(C)C)C4=O)ccnc21. The average molecular weight is 556 g/mol. The van der Waals surface area contributed by atoms with Crippen molar-refractivity contribution in [2.24, 2.45) is 12.8 Å². The first kappa shape index (κ1) is 26.9. The highest BCUT2D eigenvalue weighted by atomic mass is 16.6. The lowest BCUT2D eigenvalue weighted by Crippen LogP contribution is -2.37. The Bertz CT molecular complexity index is 1670. The number of carbonyl (C=O) groups excluding carboxylic acids is 2. The summed E-state index contributed by atoms with van der Waals surface area (Å²) in [5, 5.41) is 4.18. The molecule has 0 saturated carbocycles. The summed E-state index contributed by atoms with van der Waals surface area (Å²) in [4.78, 5) is 42.1. The van der Waals surface area contributed by atoms with Crippen LogP contribution in [0.2, 0.25) is 0 Å². The van der Waals surface area contributed by atoms with Gasteiger partial charge in [-0.1, -0.05) is 6.07 Å². The number of amides is 2. The summed E-state index contributed by atoms with van der Waals surface area (Å²) in [6, 6.07) is 7.72. The molecule has 1 saturated heterocycles. The van der Waals surface area contributed by atoms with E-state index in [1.54, 1.807) is 33.2 Å². The highest BCUT2D eigenvalue weighted by Crippen LogP contribution is 2.39. The molecule has 1 atom stereocenters. The van der Waals surface area contributed by atoms with Crippen molar-refractivity contribution < 1.29 is 19.1 Å². The molecule has 6 heterocycles. The Morgan fingerprint density at radius 2 is 2.05 bits per heavy atom. The van der Waals surface area contributed by atoms with Gasteiger partial charge in [0, 0.05) is 55.0 Å². The molecule has 0 aromatic carbocycles. The minimum absolute atomic E-state index is 0.0275. The topological polar surface area (TPSA) is 137 Å². The van der Waals surface area contributed by atoms with Crippen molar-refractivity contribution in [3.8, 4) is 11.3 Å². The molecule has 0 aliphatic carbocycles. The van der Waals surface area contributed by atoms with Gasteiger partial charge in [0.05, 0.1) is 42.0 Å². The lowest BCUT2D eigenvalue weighted by molar-refractivity contribution is 0.0248. The average Bonchev–Trinajstić information content (AvgIpc) is 3.68. The zero-order valence-corrected chi connectivity index (χ0v) is 23.6. The van der Waals surface area contributed by atoms with Gasteiger partial charge >= 0.3 is 6.09 Å². The maximum atomic E-state index is 13.8. The fourth-order valence-electron chi connectivity index (χ4n) is 5.51. The summed E-state index contributed by atoms with van der Waals surface area (Å²) in [6.07, 6.45) is 5.48. The van der Waals surface area contributed by atoms with Crippen LogP contribution in [0.15, 0.2) is 42.9 Å². The molecule has 4 aromatic heterocycles. The van der Waals surface area contributed by atoms with E-state index < -0.39 is 17.6 Å². The van der Waals surface area contributed by atoms with Crippen LogP contribution in [0.5, 0.6) is 0 Å². The first-order valence-corrected chi connectivity index (χ1v) is 13.7. The molecule has 4 aromatic rings.